The summed E-state index contributed by atoms with van der Waals surface area (Å²) in [6, 6.07) is 5.81. The maximum absolute atomic E-state index is 12.7. The number of nitrogens with one attached hydrogen (secondary N) is 1. The van der Waals surface area contributed by atoms with E-state index in [0.29, 0.717) is 5.06 Å². The van der Waals surface area contributed by atoms with Crippen LogP contribution in [0.2, 0.25) is 0 Å². The second-order valence-electron chi connectivity index (χ2n) is 9.12. The zero-order valence-corrected chi connectivity index (χ0v) is 18.3. The lowest BCUT2D eigenvalue weighted by molar-refractivity contribution is -0.169. The molecule has 0 aromatic heterocycles. The standard InChI is InChI=1S/C23H30N2O6/c1-23(2,3)30-22(29)24-18(15-10-6-4-5-7-11-15)14-19(26)31-25-20(27)16-12-8-9-13-17(16)21(25)28/h8-9,12-13,15,18H,4-7,10-11,14H2,1-3H3,(H,24,29). The fourth-order valence-electron chi connectivity index (χ4n) is 4.08. The van der Waals surface area contributed by atoms with E-state index in [9.17, 15) is 19.2 Å². The molecule has 0 radical (unpaired) electrons. The molecule has 3 amide bonds. The molecule has 3 rings (SSSR count). The average Bonchev–Trinajstić information content (AvgIpc) is 2.88. The largest absolute Gasteiger partial charge is 0.444 e. The van der Waals surface area contributed by atoms with Crippen molar-refractivity contribution in [3.8, 4) is 0 Å². The number of carbonyl (C=O) groups excluding carboxylic acids is 4. The van der Waals surface area contributed by atoms with Gasteiger partial charge in [-0.2, -0.15) is 0 Å². The van der Waals surface area contributed by atoms with Crippen molar-refractivity contribution < 1.29 is 28.8 Å². The molecule has 2 aliphatic rings. The quantitative estimate of drug-likeness (QED) is 0.560. The van der Waals surface area contributed by atoms with Crippen LogP contribution in [0, 0.1) is 5.92 Å². The molecule has 1 saturated carbocycles. The molecule has 1 aromatic carbocycles. The minimum Gasteiger partial charge on any atom is -0.444 e. The van der Waals surface area contributed by atoms with Crippen molar-refractivity contribution in [1.82, 2.24) is 10.4 Å². The van der Waals surface area contributed by atoms with Crippen LogP contribution in [0.5, 0.6) is 0 Å². The first kappa shape index (κ1) is 22.8. The van der Waals surface area contributed by atoms with Gasteiger partial charge in [0.25, 0.3) is 11.8 Å². The SMILES string of the molecule is CC(C)(C)OC(=O)NC(CC(=O)ON1C(=O)c2ccccc2C1=O)C1CCCCCC1. The van der Waals surface area contributed by atoms with Crippen LogP contribution in [0.3, 0.4) is 0 Å². The number of rotatable bonds is 5. The maximum Gasteiger partial charge on any atom is 0.407 e. The number of carbonyl (C=O) groups is 4. The molecule has 31 heavy (non-hydrogen) atoms. The van der Waals surface area contributed by atoms with E-state index in [1.807, 2.05) is 0 Å². The van der Waals surface area contributed by atoms with Crippen molar-refractivity contribution in [2.45, 2.75) is 77.4 Å². The number of fused-ring (bicyclic) bond motifs is 1. The Balaban J connectivity index is 1.68. The molecular formula is C23H30N2O6. The lowest BCUT2D eigenvalue weighted by atomic mass is 9.90. The van der Waals surface area contributed by atoms with Crippen LogP contribution >= 0.6 is 0 Å². The van der Waals surface area contributed by atoms with Crippen LogP contribution in [0.1, 0.15) is 86.4 Å². The molecule has 8 heteroatoms. The topological polar surface area (TPSA) is 102 Å². The third kappa shape index (κ3) is 5.83. The second-order valence-corrected chi connectivity index (χ2v) is 9.12. The molecule has 1 aliphatic carbocycles. The Morgan fingerprint density at radius 2 is 1.58 bits per heavy atom. The van der Waals surface area contributed by atoms with E-state index in [0.717, 1.165) is 38.5 Å². The highest BCUT2D eigenvalue weighted by Crippen LogP contribution is 2.28. The fraction of sp³-hybridized carbons (Fsp3) is 0.565. The van der Waals surface area contributed by atoms with E-state index < -0.39 is 35.5 Å². The van der Waals surface area contributed by atoms with Crippen molar-refractivity contribution >= 4 is 23.9 Å². The molecule has 0 saturated heterocycles. The van der Waals surface area contributed by atoms with Crippen LogP contribution in [0.15, 0.2) is 24.3 Å². The first-order valence-corrected chi connectivity index (χ1v) is 10.8. The number of hydrogen-bond donors (Lipinski definition) is 1. The summed E-state index contributed by atoms with van der Waals surface area (Å²) >= 11 is 0. The van der Waals surface area contributed by atoms with Gasteiger partial charge in [-0.1, -0.05) is 42.9 Å². The molecule has 8 nitrogen and oxygen atoms in total. The first-order chi connectivity index (χ1) is 14.7. The zero-order valence-electron chi connectivity index (χ0n) is 18.3. The van der Waals surface area contributed by atoms with Crippen LogP contribution < -0.4 is 5.32 Å². The Kier molecular flexibility index (Phi) is 6.97. The van der Waals surface area contributed by atoms with Gasteiger partial charge in [0.15, 0.2) is 0 Å². The summed E-state index contributed by atoms with van der Waals surface area (Å²) in [4.78, 5) is 55.1. The molecule has 0 bridgehead atoms. The molecule has 1 aliphatic heterocycles. The summed E-state index contributed by atoms with van der Waals surface area (Å²) in [5.41, 5.74) is -0.265. The molecule has 1 heterocycles. The first-order valence-electron chi connectivity index (χ1n) is 10.8. The van der Waals surface area contributed by atoms with Gasteiger partial charge < -0.3 is 14.9 Å². The minimum atomic E-state index is -0.750. The van der Waals surface area contributed by atoms with Gasteiger partial charge in [-0.25, -0.2) is 9.59 Å². The Labute approximate surface area is 182 Å². The van der Waals surface area contributed by atoms with Crippen LogP contribution in [-0.2, 0) is 14.4 Å². The summed E-state index contributed by atoms with van der Waals surface area (Å²) in [5.74, 6) is -2.00. The van der Waals surface area contributed by atoms with Gasteiger partial charge >= 0.3 is 12.1 Å². The molecule has 0 spiro atoms. The normalized spacial score (nSPS) is 18.2. The highest BCUT2D eigenvalue weighted by Gasteiger charge is 2.39. The fourth-order valence-corrected chi connectivity index (χ4v) is 4.08. The molecule has 1 atom stereocenters. The monoisotopic (exact) mass is 430 g/mol. The van der Waals surface area contributed by atoms with Crippen LogP contribution in [0.4, 0.5) is 4.79 Å². The van der Waals surface area contributed by atoms with Crippen molar-refractivity contribution in [3.63, 3.8) is 0 Å². The number of alkyl carbamates (subject to hydrolysis) is 1. The Bertz CT molecular complexity index is 817. The van der Waals surface area contributed by atoms with Gasteiger partial charge in [0.2, 0.25) is 0 Å². The van der Waals surface area contributed by atoms with Crippen molar-refractivity contribution in [2.75, 3.05) is 0 Å². The number of ether oxygens (including phenoxy) is 1. The average molecular weight is 431 g/mol. The van der Waals surface area contributed by atoms with E-state index >= 15 is 0 Å². The Morgan fingerprint density at radius 1 is 1.03 bits per heavy atom. The predicted molar refractivity (Wildman–Crippen MR) is 112 cm³/mol. The van der Waals surface area contributed by atoms with Crippen LogP contribution in [-0.4, -0.2) is 40.6 Å². The van der Waals surface area contributed by atoms with Crippen molar-refractivity contribution in [2.24, 2.45) is 5.92 Å². The molecular weight excluding hydrogens is 400 g/mol. The highest BCUT2D eigenvalue weighted by molar-refractivity contribution is 6.20. The molecule has 1 fully saturated rings. The predicted octanol–water partition coefficient (Wildman–Crippen LogP) is 3.99. The van der Waals surface area contributed by atoms with Crippen LogP contribution in [0.25, 0.3) is 0 Å². The number of amides is 3. The van der Waals surface area contributed by atoms with Gasteiger partial charge in [-0.05, 0) is 51.7 Å². The summed E-state index contributed by atoms with van der Waals surface area (Å²) in [6.07, 6.45) is 5.27. The molecule has 1 aromatic rings. The zero-order chi connectivity index (χ0) is 22.6. The number of hydrogen-bond acceptors (Lipinski definition) is 6. The third-order valence-corrected chi connectivity index (χ3v) is 5.51. The van der Waals surface area contributed by atoms with Gasteiger partial charge in [0.1, 0.15) is 5.60 Å². The lowest BCUT2D eigenvalue weighted by Crippen LogP contribution is -2.45. The molecule has 1 N–H and O–H groups in total. The highest BCUT2D eigenvalue weighted by atomic mass is 16.7. The maximum atomic E-state index is 12.7. The van der Waals surface area contributed by atoms with E-state index in [1.165, 1.54) is 12.1 Å². The van der Waals surface area contributed by atoms with E-state index in [4.69, 9.17) is 9.57 Å². The van der Waals surface area contributed by atoms with Crippen molar-refractivity contribution in [1.29, 1.82) is 0 Å². The Morgan fingerprint density at radius 3 is 2.10 bits per heavy atom. The summed E-state index contributed by atoms with van der Waals surface area (Å²) in [7, 11) is 0. The van der Waals surface area contributed by atoms with Crippen molar-refractivity contribution in [3.05, 3.63) is 35.4 Å². The van der Waals surface area contributed by atoms with E-state index in [2.05, 4.69) is 5.32 Å². The van der Waals surface area contributed by atoms with Gasteiger partial charge in [0.05, 0.1) is 17.5 Å². The number of imide groups is 1. The summed E-state index contributed by atoms with van der Waals surface area (Å²) in [5, 5.41) is 3.32. The Hall–Kier alpha value is -2.90. The van der Waals surface area contributed by atoms with E-state index in [-0.39, 0.29) is 23.5 Å². The molecule has 168 valence electrons. The number of hydroxylamine groups is 2. The summed E-state index contributed by atoms with van der Waals surface area (Å²) < 4.78 is 5.36. The number of benzene rings is 1. The smallest absolute Gasteiger partial charge is 0.407 e. The van der Waals surface area contributed by atoms with Gasteiger partial charge in [-0.3, -0.25) is 9.59 Å². The minimum absolute atomic E-state index is 0.0877. The second kappa shape index (κ2) is 9.49. The third-order valence-electron chi connectivity index (χ3n) is 5.51. The van der Waals surface area contributed by atoms with Gasteiger partial charge in [0, 0.05) is 6.04 Å². The van der Waals surface area contributed by atoms with E-state index in [1.54, 1.807) is 32.9 Å². The lowest BCUT2D eigenvalue weighted by Gasteiger charge is -2.28. The van der Waals surface area contributed by atoms with Gasteiger partial charge in [-0.15, -0.1) is 0 Å². The molecule has 1 unspecified atom stereocenters. The number of nitrogens with zero attached hydrogens (tertiary/aromatic N) is 1. The summed E-state index contributed by atoms with van der Waals surface area (Å²) in [6.45, 7) is 5.30.